The quantitative estimate of drug-likeness (QED) is 0.479. The highest BCUT2D eigenvalue weighted by Gasteiger charge is 2.69. The molecule has 8 heteroatoms. The first-order chi connectivity index (χ1) is 16.4. The molecule has 0 aliphatic heterocycles. The average molecular weight is 452 g/mol. The lowest BCUT2D eigenvalue weighted by atomic mass is 9.40. The van der Waals surface area contributed by atoms with Crippen LogP contribution in [-0.2, 0) is 0 Å². The Balaban J connectivity index is 1.37. The standard InChI is InChI=1S/C26H25N7O/c1-15-9-17(5-4-8-27)10-16(2)20(15)34-23-19-22(30-21(29-19)18-6-3-7-18)31-24(32-23)33-26-11-25(12-26,13-26)14-28/h4-5,9-10,18H,3,6-7,11-13H2,1-2H3,(H2,29,30,31,32,33)/b5-4+. The first-order valence-electron chi connectivity index (χ1n) is 11.7. The van der Waals surface area contributed by atoms with Crippen LogP contribution in [0.1, 0.15) is 67.0 Å². The molecule has 34 heavy (non-hydrogen) atoms. The van der Waals surface area contributed by atoms with Gasteiger partial charge >= 0.3 is 0 Å². The first-order valence-corrected chi connectivity index (χ1v) is 11.7. The molecule has 3 aromatic rings. The minimum Gasteiger partial charge on any atom is -0.436 e. The molecule has 2 aromatic heterocycles. The van der Waals surface area contributed by atoms with Gasteiger partial charge in [-0.3, -0.25) is 0 Å². The van der Waals surface area contributed by atoms with Gasteiger partial charge in [-0.05, 0) is 80.9 Å². The van der Waals surface area contributed by atoms with Gasteiger partial charge in [-0.15, -0.1) is 0 Å². The number of imidazole rings is 1. The van der Waals surface area contributed by atoms with E-state index >= 15 is 0 Å². The Kier molecular flexibility index (Phi) is 4.44. The van der Waals surface area contributed by atoms with Gasteiger partial charge in [0.05, 0.1) is 17.6 Å². The molecule has 2 N–H and O–H groups in total. The fourth-order valence-electron chi connectivity index (χ4n) is 5.64. The van der Waals surface area contributed by atoms with Crippen LogP contribution < -0.4 is 10.1 Å². The van der Waals surface area contributed by atoms with E-state index in [2.05, 4.69) is 16.4 Å². The number of nitrogens with one attached hydrogen (secondary N) is 2. The molecule has 0 amide bonds. The number of aromatic amines is 1. The third-order valence-electron chi connectivity index (χ3n) is 7.50. The molecule has 0 unspecified atom stereocenters. The Hall–Kier alpha value is -3.91. The first kappa shape index (κ1) is 20.7. The van der Waals surface area contributed by atoms with Crippen molar-refractivity contribution < 1.29 is 4.74 Å². The lowest BCUT2D eigenvalue weighted by Gasteiger charge is -2.66. The number of anilines is 1. The van der Waals surface area contributed by atoms with Gasteiger partial charge in [0.15, 0.2) is 5.65 Å². The van der Waals surface area contributed by atoms with Gasteiger partial charge in [0.25, 0.3) is 5.88 Å². The van der Waals surface area contributed by atoms with Crippen LogP contribution in [0.5, 0.6) is 11.6 Å². The summed E-state index contributed by atoms with van der Waals surface area (Å²) in [5.41, 5.74) is 3.90. The van der Waals surface area contributed by atoms with Crippen molar-refractivity contribution in [1.82, 2.24) is 19.9 Å². The van der Waals surface area contributed by atoms with Gasteiger partial charge < -0.3 is 15.0 Å². The summed E-state index contributed by atoms with van der Waals surface area (Å²) in [6.45, 7) is 3.97. The number of fused-ring (bicyclic) bond motifs is 1. The maximum Gasteiger partial charge on any atom is 0.250 e. The number of aryl methyl sites for hydroxylation is 2. The van der Waals surface area contributed by atoms with Gasteiger partial charge in [-0.25, -0.2) is 4.98 Å². The maximum atomic E-state index is 9.35. The average Bonchev–Trinajstić information content (AvgIpc) is 3.12. The molecule has 2 bridgehead atoms. The van der Waals surface area contributed by atoms with E-state index in [4.69, 9.17) is 25.0 Å². The smallest absolute Gasteiger partial charge is 0.250 e. The highest BCUT2D eigenvalue weighted by Crippen LogP contribution is 2.67. The van der Waals surface area contributed by atoms with Crippen molar-refractivity contribution in [2.24, 2.45) is 5.41 Å². The van der Waals surface area contributed by atoms with Gasteiger partial charge in [0.2, 0.25) is 5.95 Å². The summed E-state index contributed by atoms with van der Waals surface area (Å²) in [7, 11) is 0. The van der Waals surface area contributed by atoms with Crippen LogP contribution in [0.2, 0.25) is 0 Å². The number of rotatable bonds is 6. The second kappa shape index (κ2) is 7.30. The molecule has 0 atom stereocenters. The minimum absolute atomic E-state index is 0.0889. The van der Waals surface area contributed by atoms with Crippen LogP contribution >= 0.6 is 0 Å². The number of nitrogens with zero attached hydrogens (tertiary/aromatic N) is 5. The summed E-state index contributed by atoms with van der Waals surface area (Å²) < 4.78 is 6.41. The number of ether oxygens (including phenoxy) is 1. The number of allylic oxidation sites excluding steroid dienone is 1. The summed E-state index contributed by atoms with van der Waals surface area (Å²) in [5, 5.41) is 21.7. The van der Waals surface area contributed by atoms with Gasteiger partial charge in [0, 0.05) is 17.5 Å². The number of hydrogen-bond donors (Lipinski definition) is 2. The normalized spacial score (nSPS) is 25.2. The summed E-state index contributed by atoms with van der Waals surface area (Å²) in [6.07, 6.45) is 9.22. The second-order valence-electron chi connectivity index (χ2n) is 10.2. The fourth-order valence-corrected chi connectivity index (χ4v) is 5.64. The van der Waals surface area contributed by atoms with E-state index < -0.39 is 0 Å². The Bertz CT molecular complexity index is 1390. The minimum atomic E-state index is -0.157. The summed E-state index contributed by atoms with van der Waals surface area (Å²) in [6, 6.07) is 8.45. The zero-order valence-corrected chi connectivity index (χ0v) is 19.3. The lowest BCUT2D eigenvalue weighted by molar-refractivity contribution is -0.0665. The molecule has 170 valence electrons. The summed E-state index contributed by atoms with van der Waals surface area (Å²) >= 11 is 0. The molecule has 0 spiro atoms. The highest BCUT2D eigenvalue weighted by molar-refractivity contribution is 5.78. The van der Waals surface area contributed by atoms with Crippen molar-refractivity contribution in [3.63, 3.8) is 0 Å². The van der Waals surface area contributed by atoms with Crippen LogP contribution in [0.25, 0.3) is 17.2 Å². The summed E-state index contributed by atoms with van der Waals surface area (Å²) in [5.74, 6) is 3.04. The van der Waals surface area contributed by atoms with Crippen LogP contribution in [0, 0.1) is 41.9 Å². The molecule has 0 saturated heterocycles. The van der Waals surface area contributed by atoms with Crippen LogP contribution in [0.15, 0.2) is 18.2 Å². The van der Waals surface area contributed by atoms with E-state index in [-0.39, 0.29) is 11.0 Å². The predicted octanol–water partition coefficient (Wildman–Crippen LogP) is 5.42. The molecule has 4 fully saturated rings. The Morgan fingerprint density at radius 1 is 1.12 bits per heavy atom. The van der Waals surface area contributed by atoms with Crippen molar-refractivity contribution in [2.45, 2.75) is 63.8 Å². The number of benzene rings is 1. The molecule has 4 aliphatic carbocycles. The SMILES string of the molecule is Cc1cc(/C=C/C#N)cc(C)c1Oc1nc(NC23CC(C#N)(C2)C3)nc2nc(C3CCC3)[nH]c12. The number of hydrogen-bond acceptors (Lipinski definition) is 7. The third-order valence-corrected chi connectivity index (χ3v) is 7.50. The molecule has 4 saturated carbocycles. The van der Waals surface area contributed by atoms with Gasteiger partial charge in [0.1, 0.15) is 17.1 Å². The van der Waals surface area contributed by atoms with Gasteiger partial charge in [-0.1, -0.05) is 6.42 Å². The largest absolute Gasteiger partial charge is 0.436 e. The van der Waals surface area contributed by atoms with Crippen LogP contribution in [0.4, 0.5) is 5.95 Å². The van der Waals surface area contributed by atoms with E-state index in [1.807, 2.05) is 32.0 Å². The summed E-state index contributed by atoms with van der Waals surface area (Å²) in [4.78, 5) is 17.7. The zero-order chi connectivity index (χ0) is 23.5. The Labute approximate surface area is 197 Å². The zero-order valence-electron chi connectivity index (χ0n) is 19.3. The molecule has 7 rings (SSSR count). The lowest BCUT2D eigenvalue weighted by Crippen LogP contribution is -2.70. The van der Waals surface area contributed by atoms with Crippen molar-refractivity contribution in [2.75, 3.05) is 5.32 Å². The molecule has 4 aliphatic rings. The molecular weight excluding hydrogens is 426 g/mol. The molecular formula is C26H25N7O. The number of H-pyrrole nitrogens is 1. The fraction of sp³-hybridized carbons (Fsp3) is 0.423. The van der Waals surface area contributed by atoms with Gasteiger partial charge in [-0.2, -0.15) is 20.5 Å². The van der Waals surface area contributed by atoms with Crippen LogP contribution in [-0.4, -0.2) is 25.5 Å². The second-order valence-corrected chi connectivity index (χ2v) is 10.2. The topological polar surface area (TPSA) is 123 Å². The van der Waals surface area contributed by atoms with Crippen molar-refractivity contribution in [3.8, 4) is 23.8 Å². The Morgan fingerprint density at radius 3 is 2.47 bits per heavy atom. The van der Waals surface area contributed by atoms with Crippen molar-refractivity contribution in [1.29, 1.82) is 10.5 Å². The van der Waals surface area contributed by atoms with E-state index in [1.54, 1.807) is 6.08 Å². The molecule has 1 aromatic carbocycles. The monoisotopic (exact) mass is 451 g/mol. The molecule has 0 radical (unpaired) electrons. The van der Waals surface area contributed by atoms with E-state index in [9.17, 15) is 5.26 Å². The van der Waals surface area contributed by atoms with E-state index in [0.717, 1.165) is 60.4 Å². The number of aromatic nitrogens is 4. The maximum absolute atomic E-state index is 9.35. The van der Waals surface area contributed by atoms with Crippen molar-refractivity contribution in [3.05, 3.63) is 40.7 Å². The Morgan fingerprint density at radius 2 is 1.85 bits per heavy atom. The number of nitriles is 2. The van der Waals surface area contributed by atoms with Crippen molar-refractivity contribution >= 4 is 23.2 Å². The highest BCUT2D eigenvalue weighted by atomic mass is 16.5. The van der Waals surface area contributed by atoms with Crippen LogP contribution in [0.3, 0.4) is 0 Å². The molecule has 2 heterocycles. The van der Waals surface area contributed by atoms with E-state index in [0.29, 0.717) is 28.9 Å². The third kappa shape index (κ3) is 3.21. The predicted molar refractivity (Wildman–Crippen MR) is 127 cm³/mol. The molecule has 8 nitrogen and oxygen atoms in total. The van der Waals surface area contributed by atoms with E-state index in [1.165, 1.54) is 12.5 Å².